The van der Waals surface area contributed by atoms with Crippen molar-refractivity contribution in [3.63, 3.8) is 0 Å². The van der Waals surface area contributed by atoms with Crippen molar-refractivity contribution in [1.29, 1.82) is 0 Å². The van der Waals surface area contributed by atoms with Gasteiger partial charge in [0.2, 0.25) is 0 Å². The van der Waals surface area contributed by atoms with Crippen LogP contribution in [0.25, 0.3) is 11.1 Å². The molecule has 0 radical (unpaired) electrons. The zero-order valence-electron chi connectivity index (χ0n) is 15.2. The Morgan fingerprint density at radius 2 is 1.74 bits per heavy atom. The van der Waals surface area contributed by atoms with E-state index in [0.29, 0.717) is 0 Å². The number of carboxylic acids is 1. The van der Waals surface area contributed by atoms with Crippen LogP contribution >= 0.6 is 0 Å². The fourth-order valence-corrected chi connectivity index (χ4v) is 2.82. The van der Waals surface area contributed by atoms with Crippen molar-refractivity contribution in [2.24, 2.45) is 0 Å². The molecule has 2 N–H and O–H groups in total. The Labute approximate surface area is 138 Å². The Morgan fingerprint density at radius 1 is 1.17 bits per heavy atom. The number of carbonyl (C=O) groups is 2. The number of amides is 1. The van der Waals surface area contributed by atoms with Gasteiger partial charge in [0.15, 0.2) is 0 Å². The van der Waals surface area contributed by atoms with Crippen molar-refractivity contribution in [3.8, 4) is 11.1 Å². The average Bonchev–Trinajstić information content (AvgIpc) is 2.91. The minimum Gasteiger partial charge on any atom is -0.480 e. The zero-order chi connectivity index (χ0) is 18.9. The summed E-state index contributed by atoms with van der Waals surface area (Å²) in [5.74, 6) is -1.83. The van der Waals surface area contributed by atoms with Crippen molar-refractivity contribution in [2.45, 2.75) is 18.8 Å². The van der Waals surface area contributed by atoms with Gasteiger partial charge in [0.1, 0.15) is 12.6 Å². The smallest absolute Gasteiger partial charge is 0.407 e. The Morgan fingerprint density at radius 3 is 2.26 bits per heavy atom. The summed E-state index contributed by atoms with van der Waals surface area (Å²) in [6.45, 7) is -2.88. The van der Waals surface area contributed by atoms with E-state index in [0.717, 1.165) is 22.3 Å². The second-order valence-electron chi connectivity index (χ2n) is 5.24. The van der Waals surface area contributed by atoms with Gasteiger partial charge in [0.05, 0.1) is 0 Å². The average molecular weight is 314 g/mol. The van der Waals surface area contributed by atoms with Crippen LogP contribution in [0.5, 0.6) is 0 Å². The Bertz CT molecular complexity index is 805. The predicted octanol–water partition coefficient (Wildman–Crippen LogP) is 3.00. The topological polar surface area (TPSA) is 75.6 Å². The van der Waals surface area contributed by atoms with Crippen LogP contribution in [0.1, 0.15) is 28.0 Å². The molecule has 0 saturated heterocycles. The van der Waals surface area contributed by atoms with Gasteiger partial charge < -0.3 is 15.2 Å². The molecule has 3 rings (SSSR count). The van der Waals surface area contributed by atoms with Crippen LogP contribution in [0.4, 0.5) is 4.79 Å². The Kier molecular flexibility index (Phi) is 3.12. The quantitative estimate of drug-likeness (QED) is 0.909. The highest BCUT2D eigenvalue weighted by molar-refractivity contribution is 5.80. The van der Waals surface area contributed by atoms with Crippen LogP contribution in [0.15, 0.2) is 48.5 Å². The molecule has 1 atom stereocenters. The maximum absolute atomic E-state index is 11.9. The molecule has 2 aromatic carbocycles. The summed E-state index contributed by atoms with van der Waals surface area (Å²) in [5.41, 5.74) is 4.13. The Balaban J connectivity index is 1.74. The third kappa shape index (κ3) is 2.90. The molecule has 0 saturated carbocycles. The Hall–Kier alpha value is -2.82. The summed E-state index contributed by atoms with van der Waals surface area (Å²) in [6, 6.07) is 13.5. The monoisotopic (exact) mass is 314 g/mol. The minimum absolute atomic E-state index is 0.0206. The van der Waals surface area contributed by atoms with Gasteiger partial charge in [0.25, 0.3) is 0 Å². The first-order valence-corrected chi connectivity index (χ1v) is 7.13. The standard InChI is InChI=1S/C18H17NO4/c1-11(17(20)21)19-18(22)23-10-16-14-8-4-2-6-12(14)13-7-3-5-9-15(13)16/h2-9,11,16H,10H2,1H3,(H,19,22)(H,20,21)/i1D3. The molecule has 0 fully saturated rings. The third-order valence-corrected chi connectivity index (χ3v) is 3.85. The number of carbonyl (C=O) groups excluding carboxylic acids is 1. The van der Waals surface area contributed by atoms with Crippen LogP contribution in [0, 0.1) is 0 Å². The fraction of sp³-hybridized carbons (Fsp3) is 0.222. The van der Waals surface area contributed by atoms with Crippen LogP contribution in [0.3, 0.4) is 0 Å². The van der Waals surface area contributed by atoms with Crippen molar-refractivity contribution < 1.29 is 23.5 Å². The highest BCUT2D eigenvalue weighted by Crippen LogP contribution is 2.44. The normalized spacial score (nSPS) is 16.3. The molecule has 1 aliphatic rings. The molecule has 0 bridgehead atoms. The van der Waals surface area contributed by atoms with E-state index in [4.69, 9.17) is 14.0 Å². The van der Waals surface area contributed by atoms with Crippen LogP contribution in [-0.4, -0.2) is 29.8 Å². The van der Waals surface area contributed by atoms with Gasteiger partial charge in [-0.1, -0.05) is 48.5 Å². The zero-order valence-corrected chi connectivity index (χ0v) is 12.2. The van der Waals surface area contributed by atoms with Gasteiger partial charge in [0, 0.05) is 10.0 Å². The van der Waals surface area contributed by atoms with E-state index in [1.807, 2.05) is 53.8 Å². The maximum atomic E-state index is 11.9. The summed E-state index contributed by atoms with van der Waals surface area (Å²) in [6.07, 6.45) is -1.07. The highest BCUT2D eigenvalue weighted by Gasteiger charge is 2.29. The number of carboxylic acid groups (broad SMARTS) is 1. The lowest BCUT2D eigenvalue weighted by Crippen LogP contribution is -2.39. The van der Waals surface area contributed by atoms with Gasteiger partial charge in [-0.25, -0.2) is 4.79 Å². The second kappa shape index (κ2) is 6.12. The number of nitrogens with one attached hydrogen (secondary N) is 1. The lowest BCUT2D eigenvalue weighted by Gasteiger charge is -2.15. The van der Waals surface area contributed by atoms with E-state index < -0.39 is 25.0 Å². The van der Waals surface area contributed by atoms with Crippen molar-refractivity contribution >= 4 is 12.1 Å². The van der Waals surface area contributed by atoms with E-state index >= 15 is 0 Å². The number of rotatable bonds is 4. The molecule has 118 valence electrons. The molecule has 0 aliphatic heterocycles. The molecular formula is C18H17NO4. The summed E-state index contributed by atoms with van der Waals surface area (Å²) >= 11 is 0. The van der Waals surface area contributed by atoms with Crippen molar-refractivity contribution in [3.05, 3.63) is 59.7 Å². The summed E-state index contributed by atoms with van der Waals surface area (Å²) in [4.78, 5) is 23.0. The second-order valence-corrected chi connectivity index (χ2v) is 5.24. The van der Waals surface area contributed by atoms with Gasteiger partial charge in [-0.05, 0) is 29.1 Å². The van der Waals surface area contributed by atoms with Crippen LogP contribution in [0.2, 0.25) is 0 Å². The highest BCUT2D eigenvalue weighted by atomic mass is 16.5. The van der Waals surface area contributed by atoms with Gasteiger partial charge >= 0.3 is 12.1 Å². The molecule has 1 unspecified atom stereocenters. The van der Waals surface area contributed by atoms with E-state index in [1.54, 1.807) is 0 Å². The first-order chi connectivity index (χ1) is 12.3. The molecule has 1 amide bonds. The van der Waals surface area contributed by atoms with Crippen LogP contribution in [-0.2, 0) is 9.53 Å². The summed E-state index contributed by atoms with van der Waals surface area (Å²) in [7, 11) is 0. The number of hydrogen-bond donors (Lipinski definition) is 2. The lowest BCUT2D eigenvalue weighted by atomic mass is 9.98. The van der Waals surface area contributed by atoms with Gasteiger partial charge in [-0.2, -0.15) is 0 Å². The number of alkyl carbamates (subject to hydrolysis) is 1. The molecule has 0 heterocycles. The molecule has 23 heavy (non-hydrogen) atoms. The molecule has 0 aromatic heterocycles. The number of ether oxygens (including phenoxy) is 1. The fourth-order valence-electron chi connectivity index (χ4n) is 2.82. The molecule has 5 nitrogen and oxygen atoms in total. The molecular weight excluding hydrogens is 294 g/mol. The number of aliphatic carboxylic acids is 1. The number of fused-ring (bicyclic) bond motifs is 3. The van der Waals surface area contributed by atoms with E-state index in [2.05, 4.69) is 0 Å². The number of hydrogen-bond acceptors (Lipinski definition) is 3. The summed E-state index contributed by atoms with van der Waals surface area (Å²) in [5, 5.41) is 10.9. The molecule has 5 heteroatoms. The third-order valence-electron chi connectivity index (χ3n) is 3.85. The molecule has 1 aliphatic carbocycles. The van der Waals surface area contributed by atoms with Gasteiger partial charge in [-0.3, -0.25) is 4.79 Å². The minimum atomic E-state index is -2.86. The molecule has 0 spiro atoms. The van der Waals surface area contributed by atoms with Crippen LogP contribution < -0.4 is 5.32 Å². The number of benzene rings is 2. The SMILES string of the molecule is [2H]C([2H])([2H])C(NC(=O)OCC1c2ccccc2-c2ccccc21)C(=O)O. The van der Waals surface area contributed by atoms with E-state index in [9.17, 15) is 9.59 Å². The largest absolute Gasteiger partial charge is 0.480 e. The first-order valence-electron chi connectivity index (χ1n) is 8.63. The van der Waals surface area contributed by atoms with E-state index in [1.165, 1.54) is 0 Å². The summed E-state index contributed by atoms with van der Waals surface area (Å²) < 4.78 is 26.7. The molecule has 2 aromatic rings. The van der Waals surface area contributed by atoms with Crippen molar-refractivity contribution in [1.82, 2.24) is 5.32 Å². The first kappa shape index (κ1) is 11.7. The predicted molar refractivity (Wildman–Crippen MR) is 85.3 cm³/mol. The van der Waals surface area contributed by atoms with E-state index in [-0.39, 0.29) is 12.5 Å². The van der Waals surface area contributed by atoms with Crippen molar-refractivity contribution in [2.75, 3.05) is 6.61 Å². The lowest BCUT2D eigenvalue weighted by molar-refractivity contribution is -0.138. The maximum Gasteiger partial charge on any atom is 0.407 e. The van der Waals surface area contributed by atoms with Gasteiger partial charge in [-0.15, -0.1) is 0 Å².